The molecule has 1 aromatic rings. The van der Waals surface area contributed by atoms with Crippen molar-refractivity contribution < 1.29 is 18.8 Å². The van der Waals surface area contributed by atoms with Crippen molar-refractivity contribution in [3.63, 3.8) is 0 Å². The second kappa shape index (κ2) is 7.82. The van der Waals surface area contributed by atoms with Crippen molar-refractivity contribution in [2.45, 2.75) is 39.8 Å². The van der Waals surface area contributed by atoms with Crippen molar-refractivity contribution in [2.24, 2.45) is 5.92 Å². The van der Waals surface area contributed by atoms with Gasteiger partial charge in [0.25, 0.3) is 0 Å². The molecular weight excluding hydrogens is 299 g/mol. The van der Waals surface area contributed by atoms with Crippen LogP contribution in [0, 0.1) is 5.92 Å². The highest BCUT2D eigenvalue weighted by molar-refractivity contribution is 7.81. The summed E-state index contributed by atoms with van der Waals surface area (Å²) < 4.78 is 24.1. The second-order valence-corrected chi connectivity index (χ2v) is 9.22. The monoisotopic (exact) mass is 326 g/mol. The molecule has 0 saturated carbocycles. The predicted molar refractivity (Wildman–Crippen MR) is 90.9 cm³/mol. The van der Waals surface area contributed by atoms with Crippen LogP contribution in [-0.2, 0) is 4.57 Å². The zero-order valence-corrected chi connectivity index (χ0v) is 15.3. The van der Waals surface area contributed by atoms with Crippen LogP contribution in [0.2, 0.25) is 0 Å². The lowest BCUT2D eigenvalue weighted by molar-refractivity contribution is 0.106. The Hall–Kier alpha value is -1.28. The summed E-state index contributed by atoms with van der Waals surface area (Å²) in [4.78, 5) is 13.1. The molecule has 0 saturated heterocycles. The zero-order chi connectivity index (χ0) is 16.9. The Balaban J connectivity index is 3.46. The topological polar surface area (TPSA) is 52.6 Å². The highest BCUT2D eigenvalue weighted by Gasteiger charge is 2.40. The Kier molecular flexibility index (Phi) is 6.67. The molecule has 1 rings (SSSR count). The summed E-state index contributed by atoms with van der Waals surface area (Å²) in [6.45, 7) is 7.83. The van der Waals surface area contributed by atoms with Crippen molar-refractivity contribution in [3.05, 3.63) is 23.8 Å². The van der Waals surface area contributed by atoms with Crippen LogP contribution in [0.15, 0.2) is 18.2 Å². The fourth-order valence-corrected chi connectivity index (χ4v) is 5.75. The second-order valence-electron chi connectivity index (χ2n) is 5.97. The largest absolute Gasteiger partial charge is 0.496 e. The zero-order valence-electron chi connectivity index (χ0n) is 14.4. The lowest BCUT2D eigenvalue weighted by atomic mass is 10.2. The van der Waals surface area contributed by atoms with Gasteiger partial charge in [-0.05, 0) is 24.5 Å². The minimum absolute atomic E-state index is 0.156. The average Bonchev–Trinajstić information content (AvgIpc) is 2.51. The summed E-state index contributed by atoms with van der Waals surface area (Å²) in [5.41, 5.74) is -0.182. The first-order valence-corrected chi connectivity index (χ1v) is 9.62. The van der Waals surface area contributed by atoms with Gasteiger partial charge in [0.2, 0.25) is 5.52 Å². The molecule has 2 atom stereocenters. The molecule has 0 aliphatic heterocycles. The normalized spacial score (nSPS) is 15.2. The molecule has 1 aromatic carbocycles. The van der Waals surface area contributed by atoms with E-state index in [0.717, 1.165) is 0 Å². The molecule has 0 fully saturated rings. The average molecular weight is 326 g/mol. The van der Waals surface area contributed by atoms with Crippen LogP contribution in [-0.4, -0.2) is 31.6 Å². The quantitative estimate of drug-likeness (QED) is 0.652. The van der Waals surface area contributed by atoms with E-state index in [1.54, 1.807) is 18.2 Å². The first-order chi connectivity index (χ1) is 10.3. The van der Waals surface area contributed by atoms with Gasteiger partial charge in [-0.25, -0.2) is 0 Å². The van der Waals surface area contributed by atoms with E-state index in [-0.39, 0.29) is 17.1 Å². The smallest absolute Gasteiger partial charge is 0.229 e. The van der Waals surface area contributed by atoms with Gasteiger partial charge in [0.05, 0.1) is 14.2 Å². The molecule has 0 bridgehead atoms. The number of rotatable bonds is 8. The molecule has 124 valence electrons. The standard InChI is InChI=1S/C17H27O4P/c1-7-13(4)22(19,11-12(2)3)17(18)16-14(20-5)9-8-10-15(16)21-6/h8-10,12-13H,7,11H2,1-6H3. The molecule has 0 spiro atoms. The van der Waals surface area contributed by atoms with E-state index in [2.05, 4.69) is 0 Å². The van der Waals surface area contributed by atoms with Gasteiger partial charge in [-0.15, -0.1) is 0 Å². The maximum absolute atomic E-state index is 13.5. The maximum Gasteiger partial charge on any atom is 0.229 e. The van der Waals surface area contributed by atoms with Crippen LogP contribution in [0.1, 0.15) is 44.5 Å². The van der Waals surface area contributed by atoms with Crippen LogP contribution >= 0.6 is 7.14 Å². The van der Waals surface area contributed by atoms with Gasteiger partial charge >= 0.3 is 0 Å². The van der Waals surface area contributed by atoms with Crippen LogP contribution in [0.3, 0.4) is 0 Å². The number of methoxy groups -OCH3 is 2. The third-order valence-electron chi connectivity index (χ3n) is 3.92. The van der Waals surface area contributed by atoms with Gasteiger partial charge in [0.1, 0.15) is 17.1 Å². The molecule has 0 heterocycles. The van der Waals surface area contributed by atoms with E-state index < -0.39 is 7.14 Å². The van der Waals surface area contributed by atoms with Crippen molar-refractivity contribution in [2.75, 3.05) is 20.4 Å². The summed E-state index contributed by atoms with van der Waals surface area (Å²) in [6, 6.07) is 5.16. The van der Waals surface area contributed by atoms with Crippen molar-refractivity contribution >= 4 is 12.7 Å². The molecule has 5 heteroatoms. The van der Waals surface area contributed by atoms with E-state index in [1.807, 2.05) is 27.7 Å². The van der Waals surface area contributed by atoms with Gasteiger partial charge in [-0.2, -0.15) is 0 Å². The minimum Gasteiger partial charge on any atom is -0.496 e. The number of carbonyl (C=O) groups excluding carboxylic acids is 1. The van der Waals surface area contributed by atoms with E-state index in [9.17, 15) is 9.36 Å². The first kappa shape index (κ1) is 18.8. The number of hydrogen-bond donors (Lipinski definition) is 0. The Morgan fingerprint density at radius 3 is 2.00 bits per heavy atom. The fourth-order valence-electron chi connectivity index (χ4n) is 2.55. The molecule has 0 aliphatic carbocycles. The fraction of sp³-hybridized carbons (Fsp3) is 0.588. The minimum atomic E-state index is -3.06. The maximum atomic E-state index is 13.5. The molecule has 0 aromatic heterocycles. The van der Waals surface area contributed by atoms with E-state index in [0.29, 0.717) is 29.6 Å². The third-order valence-corrected chi connectivity index (χ3v) is 7.90. The van der Waals surface area contributed by atoms with Gasteiger partial charge in [-0.3, -0.25) is 4.79 Å². The molecule has 4 nitrogen and oxygen atoms in total. The summed E-state index contributed by atoms with van der Waals surface area (Å²) in [6.07, 6.45) is 1.11. The van der Waals surface area contributed by atoms with Crippen LogP contribution in [0.4, 0.5) is 0 Å². The van der Waals surface area contributed by atoms with Crippen molar-refractivity contribution in [1.29, 1.82) is 0 Å². The third kappa shape index (κ3) is 3.73. The van der Waals surface area contributed by atoms with E-state index >= 15 is 0 Å². The highest BCUT2D eigenvalue weighted by atomic mass is 31.2. The number of ether oxygens (including phenoxy) is 2. The number of hydrogen-bond acceptors (Lipinski definition) is 4. The summed E-state index contributed by atoms with van der Waals surface area (Å²) in [5.74, 6) is 1.01. The molecule has 0 amide bonds. The Bertz CT molecular complexity index is 544. The van der Waals surface area contributed by atoms with Crippen molar-refractivity contribution in [3.8, 4) is 11.5 Å². The van der Waals surface area contributed by atoms with E-state index in [4.69, 9.17) is 9.47 Å². The molecule has 2 unspecified atom stereocenters. The SMILES string of the molecule is CCC(C)P(=O)(CC(C)C)C(=O)c1c(OC)cccc1OC. The summed E-state index contributed by atoms with van der Waals surface area (Å²) in [5, 5.41) is 0. The molecule has 0 radical (unpaired) electrons. The lowest BCUT2D eigenvalue weighted by Gasteiger charge is -2.25. The lowest BCUT2D eigenvalue weighted by Crippen LogP contribution is -2.18. The van der Waals surface area contributed by atoms with Gasteiger partial charge in [0.15, 0.2) is 7.14 Å². The summed E-state index contributed by atoms with van der Waals surface area (Å²) >= 11 is 0. The Labute approximate surface area is 133 Å². The first-order valence-electron chi connectivity index (χ1n) is 7.66. The van der Waals surface area contributed by atoms with Gasteiger partial charge < -0.3 is 14.0 Å². The Morgan fingerprint density at radius 1 is 1.14 bits per heavy atom. The molecule has 22 heavy (non-hydrogen) atoms. The summed E-state index contributed by atoms with van der Waals surface area (Å²) in [7, 11) is -0.0543. The predicted octanol–water partition coefficient (Wildman–Crippen LogP) is 4.66. The highest BCUT2D eigenvalue weighted by Crippen LogP contribution is 2.57. The van der Waals surface area contributed by atoms with E-state index in [1.165, 1.54) is 14.2 Å². The number of carbonyl (C=O) groups is 1. The molecular formula is C17H27O4P. The molecule has 0 N–H and O–H groups in total. The van der Waals surface area contributed by atoms with Gasteiger partial charge in [-0.1, -0.05) is 33.8 Å². The van der Waals surface area contributed by atoms with Crippen LogP contribution in [0.25, 0.3) is 0 Å². The molecule has 0 aliphatic rings. The van der Waals surface area contributed by atoms with Crippen LogP contribution in [0.5, 0.6) is 11.5 Å². The van der Waals surface area contributed by atoms with Gasteiger partial charge in [0, 0.05) is 11.8 Å². The van der Waals surface area contributed by atoms with Crippen LogP contribution < -0.4 is 9.47 Å². The Morgan fingerprint density at radius 2 is 1.64 bits per heavy atom. The van der Waals surface area contributed by atoms with Crippen molar-refractivity contribution in [1.82, 2.24) is 0 Å². The number of benzene rings is 1.